The molecule has 0 amide bonds. The molecule has 0 aromatic heterocycles. The van der Waals surface area contributed by atoms with Crippen molar-refractivity contribution in [1.29, 1.82) is 0 Å². The van der Waals surface area contributed by atoms with Gasteiger partial charge in [0, 0.05) is 0 Å². The SMILES string of the molecule is C=CC(SC1COC1)C(=O)O. The van der Waals surface area contributed by atoms with Crippen molar-refractivity contribution in [2.45, 2.75) is 10.5 Å². The van der Waals surface area contributed by atoms with Crippen molar-refractivity contribution < 1.29 is 14.6 Å². The van der Waals surface area contributed by atoms with Gasteiger partial charge in [-0.2, -0.15) is 0 Å². The molecule has 4 heteroatoms. The molecule has 1 N–H and O–H groups in total. The van der Waals surface area contributed by atoms with Gasteiger partial charge >= 0.3 is 5.97 Å². The topological polar surface area (TPSA) is 46.5 Å². The second kappa shape index (κ2) is 3.78. The van der Waals surface area contributed by atoms with E-state index in [9.17, 15) is 4.79 Å². The Morgan fingerprint density at radius 2 is 2.45 bits per heavy atom. The standard InChI is InChI=1S/C7H10O3S/c1-2-6(7(8)9)11-5-3-10-4-5/h2,5-6H,1,3-4H2,(H,8,9). The molecule has 0 aromatic rings. The van der Waals surface area contributed by atoms with Crippen LogP contribution in [0.3, 0.4) is 0 Å². The van der Waals surface area contributed by atoms with E-state index in [2.05, 4.69) is 6.58 Å². The molecule has 1 aliphatic rings. The quantitative estimate of drug-likeness (QED) is 0.639. The fourth-order valence-corrected chi connectivity index (χ4v) is 1.71. The molecule has 1 heterocycles. The summed E-state index contributed by atoms with van der Waals surface area (Å²) >= 11 is 1.40. The van der Waals surface area contributed by atoms with E-state index in [1.54, 1.807) is 0 Å². The van der Waals surface area contributed by atoms with E-state index in [1.165, 1.54) is 17.8 Å². The summed E-state index contributed by atoms with van der Waals surface area (Å²) < 4.78 is 4.91. The fraction of sp³-hybridized carbons (Fsp3) is 0.571. The minimum Gasteiger partial charge on any atom is -0.480 e. The van der Waals surface area contributed by atoms with Gasteiger partial charge in [0.15, 0.2) is 0 Å². The highest BCUT2D eigenvalue weighted by Gasteiger charge is 2.25. The van der Waals surface area contributed by atoms with Gasteiger partial charge in [-0.05, 0) is 0 Å². The highest BCUT2D eigenvalue weighted by atomic mass is 32.2. The van der Waals surface area contributed by atoms with Crippen LogP contribution in [0.15, 0.2) is 12.7 Å². The summed E-state index contributed by atoms with van der Waals surface area (Å²) in [4.78, 5) is 10.5. The van der Waals surface area contributed by atoms with Crippen molar-refractivity contribution in [2.24, 2.45) is 0 Å². The lowest BCUT2D eigenvalue weighted by Gasteiger charge is -2.26. The molecular formula is C7H10O3S. The predicted molar refractivity (Wildman–Crippen MR) is 43.8 cm³/mol. The van der Waals surface area contributed by atoms with E-state index < -0.39 is 11.2 Å². The van der Waals surface area contributed by atoms with E-state index in [-0.39, 0.29) is 0 Å². The summed E-state index contributed by atoms with van der Waals surface area (Å²) in [6.07, 6.45) is 1.45. The third-order valence-corrected chi connectivity index (χ3v) is 2.75. The third-order valence-electron chi connectivity index (χ3n) is 1.40. The van der Waals surface area contributed by atoms with Gasteiger partial charge in [0.1, 0.15) is 5.25 Å². The van der Waals surface area contributed by atoms with Crippen LogP contribution in [0.25, 0.3) is 0 Å². The number of hydrogen-bond acceptors (Lipinski definition) is 3. The van der Waals surface area contributed by atoms with Crippen molar-refractivity contribution in [2.75, 3.05) is 13.2 Å². The predicted octanol–water partition coefficient (Wildman–Crippen LogP) is 0.758. The number of rotatable bonds is 4. The molecule has 62 valence electrons. The van der Waals surface area contributed by atoms with Crippen molar-refractivity contribution >= 4 is 17.7 Å². The molecule has 1 atom stereocenters. The Kier molecular flexibility index (Phi) is 2.96. The van der Waals surface area contributed by atoms with Gasteiger partial charge < -0.3 is 9.84 Å². The number of carboxylic acid groups (broad SMARTS) is 1. The van der Waals surface area contributed by atoms with Crippen molar-refractivity contribution in [3.8, 4) is 0 Å². The zero-order valence-electron chi connectivity index (χ0n) is 6.03. The Morgan fingerprint density at radius 1 is 1.82 bits per heavy atom. The van der Waals surface area contributed by atoms with E-state index >= 15 is 0 Å². The minimum atomic E-state index is -0.822. The molecule has 0 radical (unpaired) electrons. The molecule has 1 fully saturated rings. The van der Waals surface area contributed by atoms with E-state index in [1.807, 2.05) is 0 Å². The maximum Gasteiger partial charge on any atom is 0.320 e. The van der Waals surface area contributed by atoms with Gasteiger partial charge in [-0.1, -0.05) is 6.08 Å². The maximum absolute atomic E-state index is 10.5. The fourth-order valence-electron chi connectivity index (χ4n) is 0.715. The Hall–Kier alpha value is -0.480. The largest absolute Gasteiger partial charge is 0.480 e. The Morgan fingerprint density at radius 3 is 2.73 bits per heavy atom. The molecule has 1 aliphatic heterocycles. The molecule has 1 unspecified atom stereocenters. The second-order valence-electron chi connectivity index (χ2n) is 2.29. The van der Waals surface area contributed by atoms with Crippen LogP contribution in [-0.2, 0) is 9.53 Å². The summed E-state index contributed by atoms with van der Waals surface area (Å²) in [6.45, 7) is 4.79. The molecule has 0 spiro atoms. The van der Waals surface area contributed by atoms with E-state index in [0.29, 0.717) is 18.5 Å². The molecular weight excluding hydrogens is 164 g/mol. The van der Waals surface area contributed by atoms with Crippen LogP contribution in [0, 0.1) is 0 Å². The lowest BCUT2D eigenvalue weighted by Crippen LogP contribution is -2.33. The van der Waals surface area contributed by atoms with Crippen LogP contribution in [-0.4, -0.2) is 34.8 Å². The van der Waals surface area contributed by atoms with Crippen LogP contribution in [0.2, 0.25) is 0 Å². The van der Waals surface area contributed by atoms with Gasteiger partial charge in [-0.25, -0.2) is 0 Å². The number of carboxylic acids is 1. The Balaban J connectivity index is 2.30. The first-order valence-electron chi connectivity index (χ1n) is 3.32. The number of ether oxygens (including phenoxy) is 1. The van der Waals surface area contributed by atoms with E-state index in [0.717, 1.165) is 0 Å². The van der Waals surface area contributed by atoms with Crippen LogP contribution < -0.4 is 0 Å². The first-order chi connectivity index (χ1) is 5.24. The summed E-state index contributed by atoms with van der Waals surface area (Å²) in [5.74, 6) is -0.822. The average molecular weight is 174 g/mol. The van der Waals surface area contributed by atoms with Gasteiger partial charge in [0.05, 0.1) is 18.5 Å². The normalized spacial score (nSPS) is 20.4. The third kappa shape index (κ3) is 2.24. The van der Waals surface area contributed by atoms with Crippen LogP contribution in [0.1, 0.15) is 0 Å². The van der Waals surface area contributed by atoms with Crippen molar-refractivity contribution in [3.05, 3.63) is 12.7 Å². The van der Waals surface area contributed by atoms with Crippen LogP contribution >= 0.6 is 11.8 Å². The first kappa shape index (κ1) is 8.62. The van der Waals surface area contributed by atoms with Gasteiger partial charge in [0.2, 0.25) is 0 Å². The summed E-state index contributed by atoms with van der Waals surface area (Å²) in [6, 6.07) is 0. The number of hydrogen-bond donors (Lipinski definition) is 1. The number of thioether (sulfide) groups is 1. The van der Waals surface area contributed by atoms with Crippen molar-refractivity contribution in [1.82, 2.24) is 0 Å². The molecule has 0 aromatic carbocycles. The van der Waals surface area contributed by atoms with Crippen LogP contribution in [0.5, 0.6) is 0 Å². The average Bonchev–Trinajstić information content (AvgIpc) is 1.85. The summed E-state index contributed by atoms with van der Waals surface area (Å²) in [5, 5.41) is 8.47. The monoisotopic (exact) mass is 174 g/mol. The zero-order chi connectivity index (χ0) is 8.27. The van der Waals surface area contributed by atoms with Gasteiger partial charge in [0.25, 0.3) is 0 Å². The van der Waals surface area contributed by atoms with Crippen LogP contribution in [0.4, 0.5) is 0 Å². The summed E-state index contributed by atoms with van der Waals surface area (Å²) in [7, 11) is 0. The van der Waals surface area contributed by atoms with E-state index in [4.69, 9.17) is 9.84 Å². The second-order valence-corrected chi connectivity index (χ2v) is 3.74. The minimum absolute atomic E-state index is 0.342. The highest BCUT2D eigenvalue weighted by Crippen LogP contribution is 2.24. The lowest BCUT2D eigenvalue weighted by molar-refractivity contribution is -0.135. The molecule has 0 bridgehead atoms. The molecule has 1 saturated heterocycles. The van der Waals surface area contributed by atoms with Gasteiger partial charge in [-0.15, -0.1) is 18.3 Å². The molecule has 0 saturated carbocycles. The zero-order valence-corrected chi connectivity index (χ0v) is 6.84. The summed E-state index contributed by atoms with van der Waals surface area (Å²) in [5.41, 5.74) is 0. The molecule has 1 rings (SSSR count). The number of aliphatic carboxylic acids is 1. The molecule has 3 nitrogen and oxygen atoms in total. The number of carbonyl (C=O) groups is 1. The molecule has 11 heavy (non-hydrogen) atoms. The Bertz CT molecular complexity index is 165. The van der Waals surface area contributed by atoms with Gasteiger partial charge in [-0.3, -0.25) is 4.79 Å². The molecule has 0 aliphatic carbocycles. The Labute approximate surface area is 69.4 Å². The maximum atomic E-state index is 10.5. The van der Waals surface area contributed by atoms with Crippen molar-refractivity contribution in [3.63, 3.8) is 0 Å². The lowest BCUT2D eigenvalue weighted by atomic mass is 10.4. The smallest absolute Gasteiger partial charge is 0.320 e. The first-order valence-corrected chi connectivity index (χ1v) is 4.27. The highest BCUT2D eigenvalue weighted by molar-refractivity contribution is 8.01.